The molecule has 0 saturated heterocycles. The van der Waals surface area contributed by atoms with E-state index in [1.54, 1.807) is 0 Å². The van der Waals surface area contributed by atoms with Crippen LogP contribution in [0.4, 0.5) is 4.79 Å². The lowest BCUT2D eigenvalue weighted by Gasteiger charge is -2.18. The van der Waals surface area contributed by atoms with Gasteiger partial charge >= 0.3 is 6.16 Å². The number of unbranched alkanes of at least 4 members (excludes halogenated alkanes) is 18. The van der Waals surface area contributed by atoms with Gasteiger partial charge in [0.05, 0.1) is 0 Å². The molecule has 0 amide bonds. The maximum atomic E-state index is 12.2. The molecule has 0 aromatic carbocycles. The lowest BCUT2D eigenvalue weighted by molar-refractivity contribution is 0.0170. The Morgan fingerprint density at radius 3 is 1.31 bits per heavy atom. The van der Waals surface area contributed by atoms with E-state index < -0.39 is 6.16 Å². The number of rotatable bonds is 34. The van der Waals surface area contributed by atoms with Crippen molar-refractivity contribution in [3.05, 3.63) is 48.6 Å². The predicted octanol–water partition coefficient (Wildman–Crippen LogP) is 13.1. The molecule has 0 atom stereocenters. The highest BCUT2D eigenvalue weighted by atomic mass is 16.7. The molecule has 0 aromatic heterocycles. The predicted molar refractivity (Wildman–Crippen MR) is 198 cm³/mol. The number of hydrogen-bond acceptors (Lipinski definition) is 4. The van der Waals surface area contributed by atoms with E-state index in [9.17, 15) is 4.79 Å². The average molecular weight is 630 g/mol. The van der Waals surface area contributed by atoms with Crippen molar-refractivity contribution in [3.8, 4) is 0 Å². The van der Waals surface area contributed by atoms with E-state index in [1.807, 2.05) is 7.05 Å². The number of carbonyl (C=O) groups excluding carboxylic acids is 1. The molecule has 0 aliphatic carbocycles. The Labute approximate surface area is 281 Å². The summed E-state index contributed by atoms with van der Waals surface area (Å²) in [5.41, 5.74) is 0. The molecular weight excluding hydrogens is 554 g/mol. The smallest absolute Gasteiger partial charge is 0.433 e. The topological polar surface area (TPSA) is 47.6 Å². The number of ether oxygens (including phenoxy) is 2. The van der Waals surface area contributed by atoms with Gasteiger partial charge in [0.1, 0.15) is 12.7 Å². The molecule has 4 heteroatoms. The first-order chi connectivity index (χ1) is 22.2. The van der Waals surface area contributed by atoms with Gasteiger partial charge in [-0.05, 0) is 96.9 Å². The summed E-state index contributed by atoms with van der Waals surface area (Å²) < 4.78 is 11.0. The standard InChI is InChI=1S/C41H75NO3/c1-4-6-8-10-12-14-16-18-20-22-24-26-28-30-32-34-36-40(45-41(43)44-39-38-42-3)37-35-33-31-29-27-25-23-21-19-17-15-13-11-9-7-5-2/h12-15,18-21,40,42H,4-11,16-17,22-39H2,1-3H3/b14-12-,15-13-,20-18-,21-19-. The van der Waals surface area contributed by atoms with E-state index in [0.717, 1.165) is 38.5 Å². The van der Waals surface area contributed by atoms with Gasteiger partial charge in [-0.3, -0.25) is 0 Å². The summed E-state index contributed by atoms with van der Waals surface area (Å²) in [7, 11) is 1.86. The zero-order valence-corrected chi connectivity index (χ0v) is 30.2. The number of carbonyl (C=O) groups is 1. The van der Waals surface area contributed by atoms with Crippen LogP contribution >= 0.6 is 0 Å². The van der Waals surface area contributed by atoms with Gasteiger partial charge in [-0.2, -0.15) is 0 Å². The highest BCUT2D eigenvalue weighted by Gasteiger charge is 2.15. The first-order valence-electron chi connectivity index (χ1n) is 19.3. The number of nitrogens with one attached hydrogen (secondary N) is 1. The summed E-state index contributed by atoms with van der Waals surface area (Å²) in [6.45, 7) is 5.52. The molecule has 0 radical (unpaired) electrons. The van der Waals surface area contributed by atoms with Crippen molar-refractivity contribution >= 4 is 6.16 Å². The molecule has 0 aromatic rings. The van der Waals surface area contributed by atoms with Crippen molar-refractivity contribution in [2.75, 3.05) is 20.2 Å². The molecule has 262 valence electrons. The summed E-state index contributed by atoms with van der Waals surface area (Å²) in [5.74, 6) is 0. The van der Waals surface area contributed by atoms with E-state index in [0.29, 0.717) is 13.2 Å². The molecule has 0 aliphatic heterocycles. The van der Waals surface area contributed by atoms with Crippen molar-refractivity contribution in [2.24, 2.45) is 0 Å². The number of allylic oxidation sites excluding steroid dienone is 8. The van der Waals surface area contributed by atoms with Crippen LogP contribution in [0.5, 0.6) is 0 Å². The van der Waals surface area contributed by atoms with E-state index in [1.165, 1.54) is 128 Å². The number of hydrogen-bond donors (Lipinski definition) is 1. The molecule has 45 heavy (non-hydrogen) atoms. The zero-order chi connectivity index (χ0) is 32.7. The Morgan fingerprint density at radius 2 is 0.911 bits per heavy atom. The van der Waals surface area contributed by atoms with Gasteiger partial charge in [0.15, 0.2) is 0 Å². The third-order valence-electron chi connectivity index (χ3n) is 8.29. The van der Waals surface area contributed by atoms with Gasteiger partial charge in [-0.25, -0.2) is 4.79 Å². The van der Waals surface area contributed by atoms with Gasteiger partial charge in [0, 0.05) is 6.54 Å². The monoisotopic (exact) mass is 630 g/mol. The minimum Gasteiger partial charge on any atom is -0.433 e. The minimum atomic E-state index is -0.504. The fourth-order valence-electron chi connectivity index (χ4n) is 5.39. The van der Waals surface area contributed by atoms with Crippen molar-refractivity contribution in [2.45, 2.75) is 187 Å². The second kappa shape index (κ2) is 38.4. The molecule has 4 nitrogen and oxygen atoms in total. The van der Waals surface area contributed by atoms with Crippen LogP contribution in [-0.4, -0.2) is 32.5 Å². The molecule has 0 rings (SSSR count). The van der Waals surface area contributed by atoms with Crippen LogP contribution in [0.25, 0.3) is 0 Å². The van der Waals surface area contributed by atoms with Crippen LogP contribution < -0.4 is 5.32 Å². The molecule has 0 saturated carbocycles. The highest BCUT2D eigenvalue weighted by molar-refractivity contribution is 5.60. The Hall–Kier alpha value is -1.81. The van der Waals surface area contributed by atoms with E-state index >= 15 is 0 Å². The van der Waals surface area contributed by atoms with Crippen molar-refractivity contribution in [1.82, 2.24) is 5.32 Å². The Morgan fingerprint density at radius 1 is 0.533 bits per heavy atom. The van der Waals surface area contributed by atoms with Crippen LogP contribution in [-0.2, 0) is 9.47 Å². The summed E-state index contributed by atoms with van der Waals surface area (Å²) in [6.07, 6.45) is 50.0. The van der Waals surface area contributed by atoms with E-state index in [4.69, 9.17) is 9.47 Å². The highest BCUT2D eigenvalue weighted by Crippen LogP contribution is 2.18. The Kier molecular flexibility index (Phi) is 36.8. The lowest BCUT2D eigenvalue weighted by atomic mass is 10.0. The molecule has 0 heterocycles. The second-order valence-electron chi connectivity index (χ2n) is 12.7. The van der Waals surface area contributed by atoms with E-state index in [-0.39, 0.29) is 6.10 Å². The average Bonchev–Trinajstić information content (AvgIpc) is 3.04. The molecule has 0 fully saturated rings. The first-order valence-corrected chi connectivity index (χ1v) is 19.3. The maximum Gasteiger partial charge on any atom is 0.508 e. The summed E-state index contributed by atoms with van der Waals surface area (Å²) in [4.78, 5) is 12.2. The quantitative estimate of drug-likeness (QED) is 0.0437. The number of likely N-dealkylation sites (N-methyl/N-ethyl adjacent to an activating group) is 1. The zero-order valence-electron chi connectivity index (χ0n) is 30.2. The fraction of sp³-hybridized carbons (Fsp3) is 0.780. The molecule has 0 bridgehead atoms. The summed E-state index contributed by atoms with van der Waals surface area (Å²) in [5, 5.41) is 3.00. The van der Waals surface area contributed by atoms with Crippen molar-refractivity contribution in [3.63, 3.8) is 0 Å². The van der Waals surface area contributed by atoms with Crippen LogP contribution in [0, 0.1) is 0 Å². The minimum absolute atomic E-state index is 0.0104. The maximum absolute atomic E-state index is 12.2. The van der Waals surface area contributed by atoms with Gasteiger partial charge < -0.3 is 14.8 Å². The van der Waals surface area contributed by atoms with Gasteiger partial charge in [-0.1, -0.05) is 140 Å². The molecule has 0 aliphatic rings. The first kappa shape index (κ1) is 43.2. The molecule has 0 unspecified atom stereocenters. The summed E-state index contributed by atoms with van der Waals surface area (Å²) in [6, 6.07) is 0. The van der Waals surface area contributed by atoms with Crippen molar-refractivity contribution < 1.29 is 14.3 Å². The third kappa shape index (κ3) is 36.5. The van der Waals surface area contributed by atoms with Gasteiger partial charge in [-0.15, -0.1) is 0 Å². The molecule has 1 N–H and O–H groups in total. The lowest BCUT2D eigenvalue weighted by Crippen LogP contribution is -2.22. The van der Waals surface area contributed by atoms with Crippen molar-refractivity contribution in [1.29, 1.82) is 0 Å². The fourth-order valence-corrected chi connectivity index (χ4v) is 5.39. The Balaban J connectivity index is 3.95. The van der Waals surface area contributed by atoms with E-state index in [2.05, 4.69) is 67.8 Å². The van der Waals surface area contributed by atoms with Crippen LogP contribution in [0.3, 0.4) is 0 Å². The van der Waals surface area contributed by atoms with Gasteiger partial charge in [0.2, 0.25) is 0 Å². The second-order valence-corrected chi connectivity index (χ2v) is 12.7. The van der Waals surface area contributed by atoms with Crippen LogP contribution in [0.1, 0.15) is 181 Å². The normalized spacial score (nSPS) is 12.2. The van der Waals surface area contributed by atoms with Crippen LogP contribution in [0.15, 0.2) is 48.6 Å². The molecular formula is C41H75NO3. The molecule has 0 spiro atoms. The largest absolute Gasteiger partial charge is 0.508 e. The Bertz CT molecular complexity index is 664. The third-order valence-corrected chi connectivity index (χ3v) is 8.29. The SMILES string of the molecule is CCCCC/C=C\C/C=C\CCCCCCCCC(CCCCCCCC/C=C\C/C=C\CCCCC)OC(=O)OCCNC. The van der Waals surface area contributed by atoms with Crippen LogP contribution in [0.2, 0.25) is 0 Å². The van der Waals surface area contributed by atoms with Gasteiger partial charge in [0.25, 0.3) is 0 Å². The summed E-state index contributed by atoms with van der Waals surface area (Å²) >= 11 is 0.